The van der Waals surface area contributed by atoms with E-state index in [0.29, 0.717) is 30.6 Å². The molecule has 0 aliphatic carbocycles. The Bertz CT molecular complexity index is 469. The lowest BCUT2D eigenvalue weighted by atomic mass is 10.1. The minimum Gasteiger partial charge on any atom is -0.494 e. The van der Waals surface area contributed by atoms with Crippen LogP contribution in [-0.4, -0.2) is 49.0 Å². The van der Waals surface area contributed by atoms with Crippen LogP contribution in [0.3, 0.4) is 0 Å². The highest BCUT2D eigenvalue weighted by atomic mass is 79.9. The Morgan fingerprint density at radius 2 is 2.42 bits per heavy atom. The molecule has 0 radical (unpaired) electrons. The highest BCUT2D eigenvalue weighted by molar-refractivity contribution is 9.09. The molecule has 1 unspecified atom stereocenters. The van der Waals surface area contributed by atoms with Crippen molar-refractivity contribution in [3.05, 3.63) is 29.6 Å². The van der Waals surface area contributed by atoms with Gasteiger partial charge in [0.05, 0.1) is 19.8 Å². The fourth-order valence-electron chi connectivity index (χ4n) is 1.98. The number of halogens is 2. The fourth-order valence-corrected chi connectivity index (χ4v) is 2.37. The summed E-state index contributed by atoms with van der Waals surface area (Å²) in [6, 6.07) is 4.24. The molecule has 1 aliphatic heterocycles. The first-order chi connectivity index (χ1) is 9.15. The van der Waals surface area contributed by atoms with Gasteiger partial charge >= 0.3 is 0 Å². The van der Waals surface area contributed by atoms with Crippen LogP contribution in [0.5, 0.6) is 5.75 Å². The highest BCUT2D eigenvalue weighted by Crippen LogP contribution is 2.19. The minimum atomic E-state index is -0.529. The molecular weight excluding hydrogens is 317 g/mol. The summed E-state index contributed by atoms with van der Waals surface area (Å²) in [4.78, 5) is 13.9. The largest absolute Gasteiger partial charge is 0.494 e. The van der Waals surface area contributed by atoms with E-state index in [1.54, 1.807) is 11.0 Å². The Kier molecular flexibility index (Phi) is 4.76. The monoisotopic (exact) mass is 331 g/mol. The zero-order valence-electron chi connectivity index (χ0n) is 10.6. The van der Waals surface area contributed by atoms with E-state index in [9.17, 15) is 9.18 Å². The Labute approximate surface area is 119 Å². The van der Waals surface area contributed by atoms with Crippen LogP contribution in [0.1, 0.15) is 10.4 Å². The lowest BCUT2D eigenvalue weighted by molar-refractivity contribution is -0.00966. The summed E-state index contributed by atoms with van der Waals surface area (Å²) in [7, 11) is 1.39. The number of nitrogens with zero attached hydrogens (tertiary/aromatic N) is 1. The molecule has 1 fully saturated rings. The molecule has 0 spiro atoms. The van der Waals surface area contributed by atoms with Gasteiger partial charge in [0.2, 0.25) is 0 Å². The number of alkyl halides is 1. The summed E-state index contributed by atoms with van der Waals surface area (Å²) in [6.07, 6.45) is -0.0132. The van der Waals surface area contributed by atoms with Crippen molar-refractivity contribution in [3.8, 4) is 5.75 Å². The zero-order valence-corrected chi connectivity index (χ0v) is 12.2. The molecule has 1 aromatic carbocycles. The zero-order chi connectivity index (χ0) is 13.8. The maximum Gasteiger partial charge on any atom is 0.254 e. The molecule has 0 saturated carbocycles. The molecule has 19 heavy (non-hydrogen) atoms. The van der Waals surface area contributed by atoms with Crippen molar-refractivity contribution in [2.75, 3.05) is 32.1 Å². The number of ether oxygens (including phenoxy) is 2. The first kappa shape index (κ1) is 14.3. The lowest BCUT2D eigenvalue weighted by Crippen LogP contribution is -2.46. The third kappa shape index (κ3) is 3.25. The summed E-state index contributed by atoms with van der Waals surface area (Å²) in [6.45, 7) is 1.54. The van der Waals surface area contributed by atoms with Crippen LogP contribution in [-0.2, 0) is 4.74 Å². The molecular formula is C13H15BrFNO3. The van der Waals surface area contributed by atoms with Crippen LogP contribution in [0.4, 0.5) is 4.39 Å². The van der Waals surface area contributed by atoms with E-state index < -0.39 is 5.82 Å². The number of benzene rings is 1. The molecule has 2 rings (SSSR count). The first-order valence-electron chi connectivity index (χ1n) is 5.96. The van der Waals surface area contributed by atoms with E-state index >= 15 is 0 Å². The lowest BCUT2D eigenvalue weighted by Gasteiger charge is -2.32. The van der Waals surface area contributed by atoms with E-state index in [1.807, 2.05) is 0 Å². The number of carbonyl (C=O) groups excluding carboxylic acids is 1. The molecule has 1 aliphatic rings. The summed E-state index contributed by atoms with van der Waals surface area (Å²) in [5, 5.41) is 0.674. The molecule has 6 heteroatoms. The third-order valence-corrected chi connectivity index (χ3v) is 3.72. The van der Waals surface area contributed by atoms with Gasteiger partial charge in [-0.15, -0.1) is 0 Å². The number of amides is 1. The predicted octanol–water partition coefficient (Wildman–Crippen LogP) is 2.07. The summed E-state index contributed by atoms with van der Waals surface area (Å²) in [5.41, 5.74) is 0.327. The summed E-state index contributed by atoms with van der Waals surface area (Å²) < 4.78 is 23.9. The topological polar surface area (TPSA) is 38.8 Å². The fraction of sp³-hybridized carbons (Fsp3) is 0.462. The first-order valence-corrected chi connectivity index (χ1v) is 7.08. The van der Waals surface area contributed by atoms with E-state index in [-0.39, 0.29) is 17.8 Å². The van der Waals surface area contributed by atoms with Gasteiger partial charge in [-0.05, 0) is 18.2 Å². The van der Waals surface area contributed by atoms with Crippen LogP contribution in [0.15, 0.2) is 18.2 Å². The van der Waals surface area contributed by atoms with Crippen molar-refractivity contribution in [1.29, 1.82) is 0 Å². The van der Waals surface area contributed by atoms with Crippen LogP contribution in [0.25, 0.3) is 0 Å². The molecule has 0 N–H and O–H groups in total. The van der Waals surface area contributed by atoms with Gasteiger partial charge in [-0.3, -0.25) is 4.79 Å². The normalized spacial score (nSPS) is 19.3. The van der Waals surface area contributed by atoms with Crippen molar-refractivity contribution in [3.63, 3.8) is 0 Å². The molecule has 1 heterocycles. The van der Waals surface area contributed by atoms with E-state index in [0.717, 1.165) is 0 Å². The van der Waals surface area contributed by atoms with Gasteiger partial charge in [0.15, 0.2) is 11.6 Å². The average molecular weight is 332 g/mol. The molecule has 1 atom stereocenters. The SMILES string of the molecule is COc1ccc(C(=O)N2CCOC(CBr)C2)cc1F. The van der Waals surface area contributed by atoms with Crippen molar-refractivity contribution < 1.29 is 18.7 Å². The Balaban J connectivity index is 2.12. The molecule has 0 aromatic heterocycles. The second-order valence-corrected chi connectivity index (χ2v) is 4.90. The number of carbonyl (C=O) groups is 1. The Hall–Kier alpha value is -1.14. The van der Waals surface area contributed by atoms with Gasteiger partial charge in [0.25, 0.3) is 5.91 Å². The van der Waals surface area contributed by atoms with Crippen molar-refractivity contribution in [1.82, 2.24) is 4.90 Å². The smallest absolute Gasteiger partial charge is 0.254 e. The Morgan fingerprint density at radius 3 is 3.05 bits per heavy atom. The standard InChI is InChI=1S/C13H15BrFNO3/c1-18-12-3-2-9(6-11(12)15)13(17)16-4-5-19-10(7-14)8-16/h2-3,6,10H,4-5,7-8H2,1H3. The van der Waals surface area contributed by atoms with E-state index in [2.05, 4.69) is 15.9 Å². The molecule has 1 aromatic rings. The summed E-state index contributed by atoms with van der Waals surface area (Å²) in [5.74, 6) is -0.577. The van der Waals surface area contributed by atoms with Gasteiger partial charge < -0.3 is 14.4 Å². The molecule has 104 valence electrons. The number of methoxy groups -OCH3 is 1. The summed E-state index contributed by atoms with van der Waals surface area (Å²) >= 11 is 3.33. The Morgan fingerprint density at radius 1 is 1.63 bits per heavy atom. The van der Waals surface area contributed by atoms with Gasteiger partial charge in [0, 0.05) is 24.0 Å². The number of rotatable bonds is 3. The van der Waals surface area contributed by atoms with Crippen LogP contribution in [0.2, 0.25) is 0 Å². The van der Waals surface area contributed by atoms with Crippen LogP contribution >= 0.6 is 15.9 Å². The third-order valence-electron chi connectivity index (χ3n) is 3.00. The highest BCUT2D eigenvalue weighted by Gasteiger charge is 2.24. The van der Waals surface area contributed by atoms with Crippen molar-refractivity contribution >= 4 is 21.8 Å². The number of morpholine rings is 1. The quantitative estimate of drug-likeness (QED) is 0.796. The maximum atomic E-state index is 13.6. The average Bonchev–Trinajstić information content (AvgIpc) is 2.46. The number of hydrogen-bond donors (Lipinski definition) is 0. The van der Waals surface area contributed by atoms with Gasteiger partial charge in [-0.25, -0.2) is 4.39 Å². The molecule has 0 bridgehead atoms. The predicted molar refractivity (Wildman–Crippen MR) is 72.4 cm³/mol. The molecule has 1 saturated heterocycles. The van der Waals surface area contributed by atoms with Crippen LogP contribution < -0.4 is 4.74 Å². The van der Waals surface area contributed by atoms with Gasteiger partial charge in [-0.1, -0.05) is 15.9 Å². The second-order valence-electron chi connectivity index (χ2n) is 4.25. The van der Waals surface area contributed by atoms with Crippen molar-refractivity contribution in [2.24, 2.45) is 0 Å². The van der Waals surface area contributed by atoms with Crippen LogP contribution in [0, 0.1) is 5.82 Å². The second kappa shape index (κ2) is 6.34. The van der Waals surface area contributed by atoms with E-state index in [1.165, 1.54) is 19.2 Å². The van der Waals surface area contributed by atoms with E-state index in [4.69, 9.17) is 9.47 Å². The van der Waals surface area contributed by atoms with Gasteiger partial charge in [-0.2, -0.15) is 0 Å². The molecule has 4 nitrogen and oxygen atoms in total. The van der Waals surface area contributed by atoms with Gasteiger partial charge in [0.1, 0.15) is 0 Å². The number of hydrogen-bond acceptors (Lipinski definition) is 3. The minimum absolute atomic E-state index is 0.0132. The molecule has 1 amide bonds. The maximum absolute atomic E-state index is 13.6. The van der Waals surface area contributed by atoms with Crippen molar-refractivity contribution in [2.45, 2.75) is 6.10 Å².